The third-order valence-corrected chi connectivity index (χ3v) is 9.66. The van der Waals surface area contributed by atoms with Gasteiger partial charge in [0, 0.05) is 31.6 Å². The van der Waals surface area contributed by atoms with Gasteiger partial charge in [0.15, 0.2) is 5.78 Å². The molecule has 0 amide bonds. The van der Waals surface area contributed by atoms with Crippen LogP contribution in [0, 0.1) is 29.0 Å². The van der Waals surface area contributed by atoms with Crippen LogP contribution in [0.15, 0.2) is 29.2 Å². The molecule has 5 fully saturated rings. The van der Waals surface area contributed by atoms with E-state index in [1.54, 1.807) is 0 Å². The molecule has 1 aromatic carbocycles. The maximum Gasteiger partial charge on any atom is 0.243 e. The minimum absolute atomic E-state index is 0.00408. The summed E-state index contributed by atoms with van der Waals surface area (Å²) in [5.74, 6) is 2.08. The Morgan fingerprint density at radius 3 is 2.14 bits per heavy atom. The predicted molar refractivity (Wildman–Crippen MR) is 107 cm³/mol. The van der Waals surface area contributed by atoms with Crippen LogP contribution in [0.3, 0.4) is 0 Å². The molecule has 7 heteroatoms. The first-order valence-electron chi connectivity index (χ1n) is 10.9. The maximum atomic E-state index is 13.5. The number of halogens is 1. The predicted octanol–water partition coefficient (Wildman–Crippen LogP) is 2.92. The van der Waals surface area contributed by atoms with Crippen LogP contribution >= 0.6 is 0 Å². The molecule has 0 radical (unpaired) electrons. The lowest BCUT2D eigenvalue weighted by atomic mass is 9.48. The zero-order valence-electron chi connectivity index (χ0n) is 16.7. The lowest BCUT2D eigenvalue weighted by Crippen LogP contribution is -2.55. The van der Waals surface area contributed by atoms with Crippen LogP contribution in [0.4, 0.5) is 4.39 Å². The van der Waals surface area contributed by atoms with E-state index < -0.39 is 15.8 Å². The fourth-order valence-electron chi connectivity index (χ4n) is 6.73. The van der Waals surface area contributed by atoms with Crippen molar-refractivity contribution in [1.82, 2.24) is 9.21 Å². The molecule has 29 heavy (non-hydrogen) atoms. The quantitative estimate of drug-likeness (QED) is 0.735. The molecule has 0 N–H and O–H groups in total. The van der Waals surface area contributed by atoms with Crippen LogP contribution in [-0.2, 0) is 14.8 Å². The molecular formula is C22H29FN2O3S. The number of hydrogen-bond acceptors (Lipinski definition) is 4. The average molecular weight is 421 g/mol. The number of carbonyl (C=O) groups is 1. The van der Waals surface area contributed by atoms with E-state index in [-0.39, 0.29) is 10.3 Å². The number of carbonyl (C=O) groups excluding carboxylic acids is 1. The molecule has 1 aromatic rings. The fraction of sp³-hybridized carbons (Fsp3) is 0.682. The third-order valence-electron chi connectivity index (χ3n) is 7.76. The molecule has 4 aliphatic carbocycles. The normalized spacial score (nSPS) is 35.1. The molecule has 6 rings (SSSR count). The third kappa shape index (κ3) is 3.55. The van der Waals surface area contributed by atoms with Crippen molar-refractivity contribution < 1.29 is 17.6 Å². The highest BCUT2D eigenvalue weighted by molar-refractivity contribution is 7.89. The second kappa shape index (κ2) is 7.13. The van der Waals surface area contributed by atoms with Gasteiger partial charge in [-0.2, -0.15) is 4.31 Å². The Labute approximate surface area is 172 Å². The lowest BCUT2D eigenvalue weighted by molar-refractivity contribution is -0.145. The van der Waals surface area contributed by atoms with E-state index in [0.717, 1.165) is 43.1 Å². The first kappa shape index (κ1) is 19.6. The first-order chi connectivity index (χ1) is 13.8. The Morgan fingerprint density at radius 2 is 1.59 bits per heavy atom. The maximum absolute atomic E-state index is 13.5. The van der Waals surface area contributed by atoms with E-state index in [1.165, 1.54) is 41.8 Å². The SMILES string of the molecule is O=C(CN1CCN(S(=O)(=O)c2cccc(F)c2)CC1)C12CC3CC(CC(C3)C1)C2. The largest absolute Gasteiger partial charge is 0.298 e. The van der Waals surface area contributed by atoms with E-state index in [9.17, 15) is 17.6 Å². The molecule has 5 nitrogen and oxygen atoms in total. The molecule has 158 valence electrons. The number of ketones is 1. The van der Waals surface area contributed by atoms with E-state index in [1.807, 2.05) is 0 Å². The van der Waals surface area contributed by atoms with Crippen molar-refractivity contribution in [3.05, 3.63) is 30.1 Å². The number of rotatable bonds is 5. The summed E-state index contributed by atoms with van der Waals surface area (Å²) >= 11 is 0. The summed E-state index contributed by atoms with van der Waals surface area (Å²) in [4.78, 5) is 15.4. The van der Waals surface area contributed by atoms with E-state index in [0.29, 0.717) is 38.5 Å². The van der Waals surface area contributed by atoms with Gasteiger partial charge in [-0.3, -0.25) is 9.69 Å². The highest BCUT2D eigenvalue weighted by Gasteiger charge is 2.54. The highest BCUT2D eigenvalue weighted by atomic mass is 32.2. The molecule has 1 saturated heterocycles. The molecule has 0 atom stereocenters. The molecule has 1 heterocycles. The second-order valence-corrected chi connectivity index (χ2v) is 11.7. The van der Waals surface area contributed by atoms with Gasteiger partial charge in [0.1, 0.15) is 5.82 Å². The molecule has 0 spiro atoms. The first-order valence-corrected chi connectivity index (χ1v) is 12.3. The van der Waals surface area contributed by atoms with Gasteiger partial charge in [-0.15, -0.1) is 0 Å². The van der Waals surface area contributed by atoms with Crippen LogP contribution in [-0.4, -0.2) is 56.1 Å². The van der Waals surface area contributed by atoms with Gasteiger partial charge >= 0.3 is 0 Å². The summed E-state index contributed by atoms with van der Waals surface area (Å²) in [6.07, 6.45) is 7.19. The van der Waals surface area contributed by atoms with Crippen LogP contribution < -0.4 is 0 Å². The zero-order chi connectivity index (χ0) is 20.2. The van der Waals surface area contributed by atoms with Crippen LogP contribution in [0.5, 0.6) is 0 Å². The van der Waals surface area contributed by atoms with Gasteiger partial charge in [-0.25, -0.2) is 12.8 Å². The van der Waals surface area contributed by atoms with Crippen molar-refractivity contribution in [3.63, 3.8) is 0 Å². The Kier molecular flexibility index (Phi) is 4.83. The molecule has 1 aliphatic heterocycles. The van der Waals surface area contributed by atoms with Crippen LogP contribution in [0.1, 0.15) is 38.5 Å². The summed E-state index contributed by atoms with van der Waals surface area (Å²) < 4.78 is 40.4. The minimum atomic E-state index is -3.69. The van der Waals surface area contributed by atoms with Crippen LogP contribution in [0.2, 0.25) is 0 Å². The van der Waals surface area contributed by atoms with Gasteiger partial charge in [0.25, 0.3) is 0 Å². The summed E-state index contributed by atoms with van der Waals surface area (Å²) in [6, 6.07) is 5.16. The second-order valence-electron chi connectivity index (χ2n) is 9.76. The summed E-state index contributed by atoms with van der Waals surface area (Å²) in [5.41, 5.74) is -0.0977. The number of sulfonamides is 1. The van der Waals surface area contributed by atoms with Crippen molar-refractivity contribution in [2.75, 3.05) is 32.7 Å². The topological polar surface area (TPSA) is 57.7 Å². The highest BCUT2D eigenvalue weighted by Crippen LogP contribution is 2.60. The standard InChI is InChI=1S/C22H29FN2O3S/c23-19-2-1-3-20(11-19)29(27,28)25-6-4-24(5-7-25)15-21(26)22-12-16-8-17(13-22)10-18(9-16)14-22/h1-3,11,16-18H,4-10,12-15H2. The molecule has 0 aromatic heterocycles. The Balaban J connectivity index is 1.21. The number of piperazine rings is 1. The van der Waals surface area contributed by atoms with Crippen LogP contribution in [0.25, 0.3) is 0 Å². The monoisotopic (exact) mass is 420 g/mol. The van der Waals surface area contributed by atoms with E-state index in [4.69, 9.17) is 0 Å². The number of hydrogen-bond donors (Lipinski definition) is 0. The van der Waals surface area contributed by atoms with E-state index in [2.05, 4.69) is 4.90 Å². The molecule has 5 aliphatic rings. The smallest absolute Gasteiger partial charge is 0.243 e. The zero-order valence-corrected chi connectivity index (χ0v) is 17.5. The average Bonchev–Trinajstić information content (AvgIpc) is 2.67. The van der Waals surface area contributed by atoms with Crippen molar-refractivity contribution in [1.29, 1.82) is 0 Å². The summed E-state index contributed by atoms with van der Waals surface area (Å²) in [5, 5.41) is 0. The van der Waals surface area contributed by atoms with E-state index >= 15 is 0 Å². The number of Topliss-reactive ketones (excluding diaryl/α,β-unsaturated/α-hetero) is 1. The van der Waals surface area contributed by atoms with Crippen molar-refractivity contribution >= 4 is 15.8 Å². The van der Waals surface area contributed by atoms with Gasteiger partial charge in [0.2, 0.25) is 10.0 Å². The summed E-state index contributed by atoms with van der Waals surface area (Å²) in [6.45, 7) is 2.22. The van der Waals surface area contributed by atoms with Gasteiger partial charge < -0.3 is 0 Å². The number of benzene rings is 1. The van der Waals surface area contributed by atoms with Crippen molar-refractivity contribution in [3.8, 4) is 0 Å². The van der Waals surface area contributed by atoms with Gasteiger partial charge in [0.05, 0.1) is 11.4 Å². The molecule has 0 unspecified atom stereocenters. The number of nitrogens with zero attached hydrogens (tertiary/aromatic N) is 2. The Morgan fingerprint density at radius 1 is 1.00 bits per heavy atom. The van der Waals surface area contributed by atoms with Gasteiger partial charge in [-0.05, 0) is 74.5 Å². The van der Waals surface area contributed by atoms with Crippen molar-refractivity contribution in [2.45, 2.75) is 43.4 Å². The minimum Gasteiger partial charge on any atom is -0.298 e. The summed E-state index contributed by atoms with van der Waals surface area (Å²) in [7, 11) is -3.69. The fourth-order valence-corrected chi connectivity index (χ4v) is 8.18. The van der Waals surface area contributed by atoms with Crippen molar-refractivity contribution in [2.24, 2.45) is 23.2 Å². The molecular weight excluding hydrogens is 391 g/mol. The molecule has 4 bridgehead atoms. The lowest BCUT2D eigenvalue weighted by Gasteiger charge is -2.56. The van der Waals surface area contributed by atoms with Gasteiger partial charge in [-0.1, -0.05) is 6.07 Å². The molecule has 4 saturated carbocycles. The Hall–Kier alpha value is -1.31. The Bertz CT molecular complexity index is 873.